The predicted octanol–water partition coefficient (Wildman–Crippen LogP) is 1.15. The van der Waals surface area contributed by atoms with Crippen molar-refractivity contribution in [2.75, 3.05) is 20.1 Å². The molecular formula is C14H21NO3S. The van der Waals surface area contributed by atoms with Gasteiger partial charge in [0.05, 0.1) is 24.0 Å². The third kappa shape index (κ3) is 2.36. The minimum Gasteiger partial charge on any atom is -0.373 e. The number of hydrogen-bond acceptors (Lipinski definition) is 4. The molecule has 3 heterocycles. The molecule has 0 aromatic carbocycles. The van der Waals surface area contributed by atoms with E-state index in [1.54, 1.807) is 0 Å². The van der Waals surface area contributed by atoms with Gasteiger partial charge in [0, 0.05) is 5.92 Å². The monoisotopic (exact) mass is 283 g/mol. The molecule has 0 aromatic heterocycles. The van der Waals surface area contributed by atoms with Gasteiger partial charge < -0.3 is 9.64 Å². The summed E-state index contributed by atoms with van der Waals surface area (Å²) in [5.41, 5.74) is 0. The summed E-state index contributed by atoms with van der Waals surface area (Å²) in [4.78, 5) is 26.7. The molecule has 3 aliphatic rings. The van der Waals surface area contributed by atoms with Crippen LogP contribution in [0.25, 0.3) is 0 Å². The number of ketones is 1. The van der Waals surface area contributed by atoms with Gasteiger partial charge in [0.1, 0.15) is 5.78 Å². The molecule has 4 nitrogen and oxygen atoms in total. The van der Waals surface area contributed by atoms with Crippen molar-refractivity contribution in [1.29, 1.82) is 0 Å². The highest BCUT2D eigenvalue weighted by Crippen LogP contribution is 2.46. The Bertz CT molecular complexity index is 392. The van der Waals surface area contributed by atoms with E-state index in [0.717, 1.165) is 38.8 Å². The van der Waals surface area contributed by atoms with Crippen molar-refractivity contribution < 1.29 is 14.3 Å². The van der Waals surface area contributed by atoms with E-state index < -0.39 is 0 Å². The number of likely N-dealkylation sites (tertiary alicyclic amines) is 1. The van der Waals surface area contributed by atoms with E-state index >= 15 is 0 Å². The zero-order chi connectivity index (χ0) is 13.6. The summed E-state index contributed by atoms with van der Waals surface area (Å²) >= 11 is 3.98. The number of Topliss-reactive ketones (excluding diaryl/α,β-unsaturated/α-hetero) is 1. The van der Waals surface area contributed by atoms with Gasteiger partial charge in [0.15, 0.2) is 5.12 Å². The minimum atomic E-state index is -0.297. The van der Waals surface area contributed by atoms with Gasteiger partial charge >= 0.3 is 0 Å². The molecule has 3 fully saturated rings. The van der Waals surface area contributed by atoms with Gasteiger partial charge in [0.25, 0.3) is 0 Å². The first-order valence-electron chi connectivity index (χ1n) is 7.18. The lowest BCUT2D eigenvalue weighted by molar-refractivity contribution is -0.133. The standard InChI is InChI=1S/C14H21NO3S/c1-15-6-4-8(5-7-15)13(16)11-9-2-3-10(18-9)12(11)14(17)19/h8-12H,2-7H2,1H3,(H,17,19)/t9-,10-,11?,12?/m1/s1. The Labute approximate surface area is 119 Å². The summed E-state index contributed by atoms with van der Waals surface area (Å²) in [6, 6.07) is 0. The summed E-state index contributed by atoms with van der Waals surface area (Å²) in [6.07, 6.45) is 3.56. The Morgan fingerprint density at radius 2 is 1.63 bits per heavy atom. The number of ether oxygens (including phenoxy) is 1. The molecule has 0 aromatic rings. The molecule has 0 amide bonds. The smallest absolute Gasteiger partial charge is 0.192 e. The topological polar surface area (TPSA) is 46.6 Å². The van der Waals surface area contributed by atoms with Gasteiger partial charge in [-0.3, -0.25) is 9.59 Å². The van der Waals surface area contributed by atoms with Crippen molar-refractivity contribution in [1.82, 2.24) is 4.90 Å². The Morgan fingerprint density at radius 3 is 2.21 bits per heavy atom. The van der Waals surface area contributed by atoms with Crippen LogP contribution in [0.15, 0.2) is 0 Å². The third-order valence-corrected chi connectivity index (χ3v) is 5.31. The fourth-order valence-corrected chi connectivity index (χ4v) is 4.24. The van der Waals surface area contributed by atoms with E-state index in [-0.39, 0.29) is 40.9 Å². The predicted molar refractivity (Wildman–Crippen MR) is 74.1 cm³/mol. The van der Waals surface area contributed by atoms with Crippen LogP contribution in [-0.2, 0) is 14.3 Å². The maximum atomic E-state index is 12.7. The van der Waals surface area contributed by atoms with Gasteiger partial charge in [-0.15, -0.1) is 12.6 Å². The van der Waals surface area contributed by atoms with E-state index in [1.807, 2.05) is 0 Å². The summed E-state index contributed by atoms with van der Waals surface area (Å²) in [5.74, 6) is -0.154. The van der Waals surface area contributed by atoms with Crippen LogP contribution in [0.4, 0.5) is 0 Å². The molecule has 5 heteroatoms. The molecule has 0 saturated carbocycles. The molecule has 19 heavy (non-hydrogen) atoms. The first-order valence-corrected chi connectivity index (χ1v) is 7.63. The fraction of sp³-hybridized carbons (Fsp3) is 0.857. The largest absolute Gasteiger partial charge is 0.373 e. The Morgan fingerprint density at radius 1 is 1.05 bits per heavy atom. The van der Waals surface area contributed by atoms with Crippen molar-refractivity contribution in [2.45, 2.75) is 37.9 Å². The van der Waals surface area contributed by atoms with Crippen LogP contribution < -0.4 is 0 Å². The number of nitrogens with zero attached hydrogens (tertiary/aromatic N) is 1. The van der Waals surface area contributed by atoms with Crippen LogP contribution in [0, 0.1) is 17.8 Å². The van der Waals surface area contributed by atoms with Gasteiger partial charge in [-0.1, -0.05) is 0 Å². The lowest BCUT2D eigenvalue weighted by Crippen LogP contribution is -2.42. The van der Waals surface area contributed by atoms with E-state index in [0.29, 0.717) is 0 Å². The lowest BCUT2D eigenvalue weighted by atomic mass is 9.73. The molecule has 2 bridgehead atoms. The van der Waals surface area contributed by atoms with Crippen molar-refractivity contribution in [3.8, 4) is 0 Å². The number of hydrogen-bond donors (Lipinski definition) is 1. The second-order valence-corrected chi connectivity index (χ2v) is 6.60. The molecule has 0 spiro atoms. The zero-order valence-electron chi connectivity index (χ0n) is 11.2. The summed E-state index contributed by atoms with van der Waals surface area (Å²) in [7, 11) is 2.08. The van der Waals surface area contributed by atoms with E-state index in [1.165, 1.54) is 0 Å². The Kier molecular flexibility index (Phi) is 3.71. The van der Waals surface area contributed by atoms with Crippen LogP contribution in [0.3, 0.4) is 0 Å². The SMILES string of the molecule is CN1CCC(C(=O)C2C(C(=O)S)[C@H]3CC[C@H]2O3)CC1. The zero-order valence-corrected chi connectivity index (χ0v) is 12.1. The second kappa shape index (κ2) is 5.19. The van der Waals surface area contributed by atoms with Gasteiger partial charge in [-0.2, -0.15) is 0 Å². The Balaban J connectivity index is 1.73. The van der Waals surface area contributed by atoms with Crippen LogP contribution in [0.5, 0.6) is 0 Å². The number of thiol groups is 1. The average molecular weight is 283 g/mol. The molecule has 3 aliphatic heterocycles. The van der Waals surface area contributed by atoms with Gasteiger partial charge in [-0.25, -0.2) is 0 Å². The van der Waals surface area contributed by atoms with Crippen LogP contribution in [0.1, 0.15) is 25.7 Å². The molecule has 3 rings (SSSR count). The van der Waals surface area contributed by atoms with E-state index in [4.69, 9.17) is 4.74 Å². The molecular weight excluding hydrogens is 262 g/mol. The summed E-state index contributed by atoms with van der Waals surface area (Å²) in [5, 5.41) is -0.168. The number of carbonyl (C=O) groups excluding carboxylic acids is 2. The minimum absolute atomic E-state index is 0.0294. The number of carbonyl (C=O) groups is 2. The lowest BCUT2D eigenvalue weighted by Gasteiger charge is -2.32. The van der Waals surface area contributed by atoms with Crippen LogP contribution in [-0.4, -0.2) is 48.1 Å². The van der Waals surface area contributed by atoms with Crippen molar-refractivity contribution in [3.63, 3.8) is 0 Å². The molecule has 4 atom stereocenters. The third-order valence-electron chi connectivity index (χ3n) is 5.01. The van der Waals surface area contributed by atoms with Crippen molar-refractivity contribution >= 4 is 23.5 Å². The molecule has 0 radical (unpaired) electrons. The van der Waals surface area contributed by atoms with Crippen LogP contribution in [0.2, 0.25) is 0 Å². The normalized spacial score (nSPS) is 39.7. The van der Waals surface area contributed by atoms with Gasteiger partial charge in [0.2, 0.25) is 0 Å². The maximum absolute atomic E-state index is 12.7. The molecule has 3 saturated heterocycles. The first kappa shape index (κ1) is 13.6. The summed E-state index contributed by atoms with van der Waals surface area (Å²) < 4.78 is 5.79. The van der Waals surface area contributed by atoms with E-state index in [9.17, 15) is 9.59 Å². The average Bonchev–Trinajstić information content (AvgIpc) is 2.98. The number of rotatable bonds is 3. The summed E-state index contributed by atoms with van der Waals surface area (Å²) in [6.45, 7) is 1.94. The molecule has 0 aliphatic carbocycles. The maximum Gasteiger partial charge on any atom is 0.192 e. The Hall–Kier alpha value is -0.390. The quantitative estimate of drug-likeness (QED) is 0.789. The highest BCUT2D eigenvalue weighted by molar-refractivity contribution is 7.96. The second-order valence-electron chi connectivity index (χ2n) is 6.16. The van der Waals surface area contributed by atoms with Crippen molar-refractivity contribution in [2.24, 2.45) is 17.8 Å². The van der Waals surface area contributed by atoms with Crippen LogP contribution >= 0.6 is 12.6 Å². The highest BCUT2D eigenvalue weighted by Gasteiger charge is 2.55. The molecule has 2 unspecified atom stereocenters. The number of fused-ring (bicyclic) bond motifs is 2. The van der Waals surface area contributed by atoms with E-state index in [2.05, 4.69) is 24.6 Å². The number of piperidine rings is 1. The first-order chi connectivity index (χ1) is 9.08. The molecule has 106 valence electrons. The highest BCUT2D eigenvalue weighted by atomic mass is 32.1. The molecule has 0 N–H and O–H groups in total. The fourth-order valence-electron chi connectivity index (χ4n) is 3.92. The van der Waals surface area contributed by atoms with Crippen molar-refractivity contribution in [3.05, 3.63) is 0 Å². The van der Waals surface area contributed by atoms with Gasteiger partial charge in [-0.05, 0) is 45.8 Å².